The molecule has 9 heteroatoms. The molecule has 0 bridgehead atoms. The zero-order valence-corrected chi connectivity index (χ0v) is 14.2. The number of nitrogens with zero attached hydrogens (tertiary/aromatic N) is 3. The molecule has 2 heterocycles. The van der Waals surface area contributed by atoms with Crippen molar-refractivity contribution < 1.29 is 14.4 Å². The summed E-state index contributed by atoms with van der Waals surface area (Å²) in [7, 11) is 0. The molecule has 1 aliphatic rings. The summed E-state index contributed by atoms with van der Waals surface area (Å²) in [4.78, 5) is 35.3. The molecule has 0 radical (unpaired) electrons. The van der Waals surface area contributed by atoms with E-state index in [1.165, 1.54) is 23.9 Å². The molecular formula is C16H15N5O3S. The number of allylic oxidation sites excluding steroid dienone is 1. The van der Waals surface area contributed by atoms with E-state index in [1.807, 2.05) is 11.5 Å². The van der Waals surface area contributed by atoms with Crippen molar-refractivity contribution in [2.75, 3.05) is 11.1 Å². The maximum Gasteiger partial charge on any atom is 0.259 e. The van der Waals surface area contributed by atoms with E-state index in [4.69, 9.17) is 0 Å². The Balaban J connectivity index is 1.64. The number of imide groups is 1. The highest BCUT2D eigenvalue weighted by Gasteiger charge is 2.26. The molecule has 1 aromatic carbocycles. The van der Waals surface area contributed by atoms with E-state index in [0.717, 1.165) is 5.82 Å². The zero-order chi connectivity index (χ0) is 18.0. The van der Waals surface area contributed by atoms with Crippen LogP contribution in [0.15, 0.2) is 36.0 Å². The Morgan fingerprint density at radius 3 is 2.84 bits per heavy atom. The van der Waals surface area contributed by atoms with Gasteiger partial charge in [0, 0.05) is 12.2 Å². The first kappa shape index (κ1) is 16.9. The molecule has 3 rings (SSSR count). The first-order valence-corrected chi connectivity index (χ1v) is 8.41. The standard InChI is InChI=1S/C16H15N5O3S/c1-3-6-21-9(2)19-20-16(21)25-8-13(22)17-10-4-5-11-12(7-10)15(24)18-14(11)23/h3-5,7H,1,6,8H2,2H3,(H,17,22)(H,18,23,24). The molecule has 1 aliphatic heterocycles. The molecule has 0 unspecified atom stereocenters. The van der Waals surface area contributed by atoms with Crippen molar-refractivity contribution in [3.8, 4) is 0 Å². The van der Waals surface area contributed by atoms with Crippen LogP contribution in [0.4, 0.5) is 5.69 Å². The maximum atomic E-state index is 12.1. The average Bonchev–Trinajstić information content (AvgIpc) is 3.07. The number of fused-ring (bicyclic) bond motifs is 1. The van der Waals surface area contributed by atoms with Gasteiger partial charge in [0.2, 0.25) is 5.91 Å². The van der Waals surface area contributed by atoms with Gasteiger partial charge in [-0.05, 0) is 25.1 Å². The van der Waals surface area contributed by atoms with Crippen LogP contribution in [0.25, 0.3) is 0 Å². The number of anilines is 1. The van der Waals surface area contributed by atoms with Gasteiger partial charge < -0.3 is 9.88 Å². The quantitative estimate of drug-likeness (QED) is 0.460. The van der Waals surface area contributed by atoms with Crippen molar-refractivity contribution in [2.45, 2.75) is 18.6 Å². The number of nitrogens with one attached hydrogen (secondary N) is 2. The number of amides is 3. The number of rotatable bonds is 6. The van der Waals surface area contributed by atoms with E-state index in [1.54, 1.807) is 12.1 Å². The lowest BCUT2D eigenvalue weighted by Gasteiger charge is -2.07. The van der Waals surface area contributed by atoms with Gasteiger partial charge in [0.15, 0.2) is 5.16 Å². The van der Waals surface area contributed by atoms with Gasteiger partial charge in [0.25, 0.3) is 11.8 Å². The Hall–Kier alpha value is -2.94. The molecule has 0 spiro atoms. The molecule has 2 N–H and O–H groups in total. The number of benzene rings is 1. The van der Waals surface area contributed by atoms with Crippen LogP contribution in [0, 0.1) is 6.92 Å². The Morgan fingerprint density at radius 1 is 1.32 bits per heavy atom. The molecule has 0 atom stereocenters. The summed E-state index contributed by atoms with van der Waals surface area (Å²) >= 11 is 1.26. The minimum Gasteiger partial charge on any atom is -0.325 e. The van der Waals surface area contributed by atoms with E-state index < -0.39 is 11.8 Å². The number of hydrogen-bond acceptors (Lipinski definition) is 6. The van der Waals surface area contributed by atoms with E-state index in [2.05, 4.69) is 27.4 Å². The smallest absolute Gasteiger partial charge is 0.259 e. The highest BCUT2D eigenvalue weighted by molar-refractivity contribution is 7.99. The maximum absolute atomic E-state index is 12.1. The van der Waals surface area contributed by atoms with Crippen molar-refractivity contribution in [2.24, 2.45) is 0 Å². The molecule has 0 fully saturated rings. The number of hydrogen-bond donors (Lipinski definition) is 2. The van der Waals surface area contributed by atoms with Gasteiger partial charge in [0.1, 0.15) is 5.82 Å². The summed E-state index contributed by atoms with van der Waals surface area (Å²) in [6.45, 7) is 6.08. The van der Waals surface area contributed by atoms with E-state index in [-0.39, 0.29) is 17.2 Å². The number of aryl methyl sites for hydroxylation is 1. The van der Waals surface area contributed by atoms with E-state index in [0.29, 0.717) is 23.0 Å². The summed E-state index contributed by atoms with van der Waals surface area (Å²) in [6.07, 6.45) is 1.73. The Bertz CT molecular complexity index is 890. The van der Waals surface area contributed by atoms with Crippen LogP contribution in [-0.4, -0.2) is 38.2 Å². The summed E-state index contributed by atoms with van der Waals surface area (Å²) in [6, 6.07) is 4.59. The molecule has 0 saturated carbocycles. The minimum absolute atomic E-state index is 0.136. The van der Waals surface area contributed by atoms with Crippen molar-refractivity contribution >= 4 is 35.2 Å². The number of carbonyl (C=O) groups excluding carboxylic acids is 3. The number of carbonyl (C=O) groups is 3. The predicted molar refractivity (Wildman–Crippen MR) is 92.5 cm³/mol. The second-order valence-electron chi connectivity index (χ2n) is 5.31. The fourth-order valence-corrected chi connectivity index (χ4v) is 3.17. The van der Waals surface area contributed by atoms with Crippen LogP contribution in [0.3, 0.4) is 0 Å². The Labute approximate surface area is 147 Å². The normalized spacial score (nSPS) is 12.7. The van der Waals surface area contributed by atoms with Crippen LogP contribution in [-0.2, 0) is 11.3 Å². The van der Waals surface area contributed by atoms with Gasteiger partial charge in [-0.15, -0.1) is 16.8 Å². The predicted octanol–water partition coefficient (Wildman–Crippen LogP) is 1.39. The second-order valence-corrected chi connectivity index (χ2v) is 6.25. The lowest BCUT2D eigenvalue weighted by molar-refractivity contribution is -0.113. The minimum atomic E-state index is -0.460. The third kappa shape index (κ3) is 3.45. The number of aromatic nitrogens is 3. The molecule has 128 valence electrons. The van der Waals surface area contributed by atoms with Crippen molar-refractivity contribution in [1.29, 1.82) is 0 Å². The van der Waals surface area contributed by atoms with Crippen LogP contribution in [0.1, 0.15) is 26.5 Å². The Kier molecular flexibility index (Phi) is 4.66. The lowest BCUT2D eigenvalue weighted by atomic mass is 10.1. The third-order valence-corrected chi connectivity index (χ3v) is 4.53. The van der Waals surface area contributed by atoms with E-state index >= 15 is 0 Å². The zero-order valence-electron chi connectivity index (χ0n) is 13.4. The molecule has 3 amide bonds. The highest BCUT2D eigenvalue weighted by atomic mass is 32.2. The first-order valence-electron chi connectivity index (χ1n) is 7.42. The third-order valence-electron chi connectivity index (χ3n) is 3.57. The van der Waals surface area contributed by atoms with Crippen molar-refractivity contribution in [3.63, 3.8) is 0 Å². The molecule has 1 aromatic heterocycles. The van der Waals surface area contributed by atoms with E-state index in [9.17, 15) is 14.4 Å². The summed E-state index contributed by atoms with van der Waals surface area (Å²) in [5, 5.41) is 13.6. The second kappa shape index (κ2) is 6.89. The van der Waals surface area contributed by atoms with Gasteiger partial charge in [-0.25, -0.2) is 0 Å². The number of thioether (sulfide) groups is 1. The van der Waals surface area contributed by atoms with Gasteiger partial charge in [-0.3, -0.25) is 19.7 Å². The SMILES string of the molecule is C=CCn1c(C)nnc1SCC(=O)Nc1ccc2c(c1)C(=O)NC2=O. The van der Waals surface area contributed by atoms with Crippen LogP contribution in [0.2, 0.25) is 0 Å². The van der Waals surface area contributed by atoms with Crippen LogP contribution >= 0.6 is 11.8 Å². The van der Waals surface area contributed by atoms with Gasteiger partial charge >= 0.3 is 0 Å². The summed E-state index contributed by atoms with van der Waals surface area (Å²) < 4.78 is 1.86. The van der Waals surface area contributed by atoms with Gasteiger partial charge in [0.05, 0.1) is 16.9 Å². The molecule has 0 aliphatic carbocycles. The Morgan fingerprint density at radius 2 is 2.08 bits per heavy atom. The fourth-order valence-electron chi connectivity index (χ4n) is 2.38. The summed E-state index contributed by atoms with van der Waals surface area (Å²) in [5.41, 5.74) is 1.03. The van der Waals surface area contributed by atoms with Crippen molar-refractivity contribution in [3.05, 3.63) is 47.8 Å². The van der Waals surface area contributed by atoms with Crippen molar-refractivity contribution in [1.82, 2.24) is 20.1 Å². The monoisotopic (exact) mass is 357 g/mol. The first-order chi connectivity index (χ1) is 12.0. The molecule has 0 saturated heterocycles. The highest BCUT2D eigenvalue weighted by Crippen LogP contribution is 2.21. The topological polar surface area (TPSA) is 106 Å². The van der Waals surface area contributed by atoms with Crippen LogP contribution < -0.4 is 10.6 Å². The van der Waals surface area contributed by atoms with Crippen LogP contribution in [0.5, 0.6) is 0 Å². The molecular weight excluding hydrogens is 342 g/mol. The molecule has 8 nitrogen and oxygen atoms in total. The largest absolute Gasteiger partial charge is 0.325 e. The fraction of sp³-hybridized carbons (Fsp3) is 0.188. The summed E-state index contributed by atoms with van der Waals surface area (Å²) in [5.74, 6) is -0.251. The lowest BCUT2D eigenvalue weighted by Crippen LogP contribution is -2.19. The van der Waals surface area contributed by atoms with Gasteiger partial charge in [-0.2, -0.15) is 0 Å². The van der Waals surface area contributed by atoms with Gasteiger partial charge in [-0.1, -0.05) is 17.8 Å². The molecule has 2 aromatic rings. The molecule has 25 heavy (non-hydrogen) atoms. The average molecular weight is 357 g/mol.